The quantitative estimate of drug-likeness (QED) is 0.238. The van der Waals surface area contributed by atoms with Crippen molar-refractivity contribution in [2.75, 3.05) is 12.4 Å². The molecule has 0 aliphatic carbocycles. The Balaban J connectivity index is 1.70. The van der Waals surface area contributed by atoms with Crippen LogP contribution in [0.4, 0.5) is 23.2 Å². The lowest BCUT2D eigenvalue weighted by molar-refractivity contribution is 0.101. The molecule has 34 heavy (non-hydrogen) atoms. The number of benzene rings is 3. The number of methoxy groups -OCH3 is 1. The average Bonchev–Trinajstić information content (AvgIpc) is 3.22. The van der Waals surface area contributed by atoms with E-state index in [-0.39, 0.29) is 28.1 Å². The highest BCUT2D eigenvalue weighted by Crippen LogP contribution is 2.34. The highest BCUT2D eigenvalue weighted by Gasteiger charge is 2.30. The Labute approximate surface area is 196 Å². The van der Waals surface area contributed by atoms with Gasteiger partial charge in [0.2, 0.25) is 17.5 Å². The van der Waals surface area contributed by atoms with Crippen molar-refractivity contribution in [2.45, 2.75) is 19.8 Å². The number of nitrogens with one attached hydrogen (secondary N) is 1. The lowest BCUT2D eigenvalue weighted by atomic mass is 10.0. The lowest BCUT2D eigenvalue weighted by Gasteiger charge is -2.12. The first kappa shape index (κ1) is 23.6. The van der Waals surface area contributed by atoms with Crippen molar-refractivity contribution in [1.82, 2.24) is 4.98 Å². The van der Waals surface area contributed by atoms with Gasteiger partial charge in [0.05, 0.1) is 17.7 Å². The first-order chi connectivity index (χ1) is 16.1. The fraction of sp³-hybridized carbons (Fsp3) is 0.167. The monoisotopic (exact) mass is 492 g/mol. The van der Waals surface area contributed by atoms with Gasteiger partial charge in [0, 0.05) is 5.69 Å². The molecule has 0 bridgehead atoms. The third-order valence-electron chi connectivity index (χ3n) is 5.19. The number of nitrogens with zero attached hydrogens (tertiary/aromatic N) is 1. The van der Waals surface area contributed by atoms with Crippen LogP contribution >= 0.6 is 11.6 Å². The van der Waals surface area contributed by atoms with Crippen LogP contribution in [0.3, 0.4) is 0 Å². The predicted octanol–water partition coefficient (Wildman–Crippen LogP) is 7.09. The van der Waals surface area contributed by atoms with Gasteiger partial charge in [0.1, 0.15) is 11.1 Å². The van der Waals surface area contributed by atoms with E-state index < -0.39 is 40.5 Å². The molecule has 0 fully saturated rings. The molecule has 1 aromatic heterocycles. The van der Waals surface area contributed by atoms with Crippen LogP contribution in [0.2, 0.25) is 5.02 Å². The minimum Gasteiger partial charge on any atom is -0.491 e. The predicted molar refractivity (Wildman–Crippen MR) is 119 cm³/mol. The topological polar surface area (TPSA) is 64.4 Å². The number of hydrogen-bond donors (Lipinski definition) is 1. The second-order valence-electron chi connectivity index (χ2n) is 7.71. The van der Waals surface area contributed by atoms with Gasteiger partial charge in [-0.2, -0.15) is 8.78 Å². The number of ether oxygens (including phenoxy) is 1. The summed E-state index contributed by atoms with van der Waals surface area (Å²) in [5, 5.41) is 2.44. The normalized spacial score (nSPS) is 11.3. The molecule has 4 rings (SSSR count). The summed E-state index contributed by atoms with van der Waals surface area (Å²) in [5.74, 6) is -9.67. The summed E-state index contributed by atoms with van der Waals surface area (Å²) in [6.45, 7) is 4.08. The standard InChI is InChI=1S/C24H17ClF4N2O3/c1-10(2)11-4-7-16-15(8-11)31-24(34-16)13-9-12(5-6-14(13)25)30-23(32)17-18(26)20(28)22(33-3)21(29)19(17)27/h4-10H,1-3H3,(H,30,32). The highest BCUT2D eigenvalue weighted by atomic mass is 35.5. The Kier molecular flexibility index (Phi) is 6.22. The van der Waals surface area contributed by atoms with Gasteiger partial charge >= 0.3 is 0 Å². The summed E-state index contributed by atoms with van der Waals surface area (Å²) < 4.78 is 66.7. The van der Waals surface area contributed by atoms with Gasteiger partial charge in [-0.15, -0.1) is 0 Å². The lowest BCUT2D eigenvalue weighted by Crippen LogP contribution is -2.19. The maximum atomic E-state index is 14.3. The molecular formula is C24H17ClF4N2O3. The number of hydrogen-bond acceptors (Lipinski definition) is 4. The Morgan fingerprint density at radius 1 is 1.03 bits per heavy atom. The Hall–Kier alpha value is -3.59. The first-order valence-electron chi connectivity index (χ1n) is 10.0. The van der Waals surface area contributed by atoms with E-state index in [1.807, 2.05) is 26.0 Å². The van der Waals surface area contributed by atoms with Crippen molar-refractivity contribution in [3.63, 3.8) is 0 Å². The zero-order valence-electron chi connectivity index (χ0n) is 18.1. The van der Waals surface area contributed by atoms with Crippen LogP contribution in [0.5, 0.6) is 5.75 Å². The molecule has 176 valence electrons. The molecular weight excluding hydrogens is 476 g/mol. The molecule has 0 saturated heterocycles. The van der Waals surface area contributed by atoms with Gasteiger partial charge in [0.25, 0.3) is 5.91 Å². The molecule has 4 aromatic rings. The summed E-state index contributed by atoms with van der Waals surface area (Å²) in [7, 11) is 0.838. The molecule has 3 aromatic carbocycles. The van der Waals surface area contributed by atoms with E-state index in [1.165, 1.54) is 18.2 Å². The molecule has 10 heteroatoms. The van der Waals surface area contributed by atoms with Gasteiger partial charge in [0.15, 0.2) is 23.0 Å². The summed E-state index contributed by atoms with van der Waals surface area (Å²) in [6.07, 6.45) is 0. The number of rotatable bonds is 5. The number of oxazole rings is 1. The van der Waals surface area contributed by atoms with Crippen molar-refractivity contribution in [2.24, 2.45) is 0 Å². The van der Waals surface area contributed by atoms with Crippen LogP contribution in [-0.4, -0.2) is 18.0 Å². The van der Waals surface area contributed by atoms with E-state index >= 15 is 0 Å². The molecule has 1 amide bonds. The number of anilines is 1. The minimum atomic E-state index is -1.89. The molecule has 1 N–H and O–H groups in total. The van der Waals surface area contributed by atoms with Gasteiger partial charge < -0.3 is 14.5 Å². The number of aromatic nitrogens is 1. The Morgan fingerprint density at radius 2 is 1.71 bits per heavy atom. The van der Waals surface area contributed by atoms with Gasteiger partial charge in [-0.1, -0.05) is 31.5 Å². The SMILES string of the molecule is COc1c(F)c(F)c(C(=O)Nc2ccc(Cl)c(-c3nc4cc(C(C)C)ccc4o3)c2)c(F)c1F. The minimum absolute atomic E-state index is 0.0324. The van der Waals surface area contributed by atoms with Crippen molar-refractivity contribution in [3.8, 4) is 17.2 Å². The van der Waals surface area contributed by atoms with Crippen LogP contribution in [0.1, 0.15) is 35.7 Å². The van der Waals surface area contributed by atoms with E-state index in [1.54, 1.807) is 6.07 Å². The molecule has 0 aliphatic rings. The van der Waals surface area contributed by atoms with E-state index in [4.69, 9.17) is 16.0 Å². The molecule has 0 radical (unpaired) electrons. The molecule has 0 aliphatic heterocycles. The third kappa shape index (κ3) is 4.07. The second-order valence-corrected chi connectivity index (χ2v) is 8.12. The zero-order chi connectivity index (χ0) is 24.7. The summed E-state index contributed by atoms with van der Waals surface area (Å²) in [6, 6.07) is 9.68. The number of halogens is 5. The maximum absolute atomic E-state index is 14.3. The number of carbonyl (C=O) groups excluding carboxylic acids is 1. The molecule has 5 nitrogen and oxygen atoms in total. The van der Waals surface area contributed by atoms with Crippen LogP contribution in [-0.2, 0) is 0 Å². The summed E-state index contributed by atoms with van der Waals surface area (Å²) in [4.78, 5) is 16.9. The fourth-order valence-electron chi connectivity index (χ4n) is 3.37. The molecule has 0 unspecified atom stereocenters. The first-order valence-corrected chi connectivity index (χ1v) is 10.4. The van der Waals surface area contributed by atoms with Crippen LogP contribution in [0.25, 0.3) is 22.6 Å². The zero-order valence-corrected chi connectivity index (χ0v) is 18.9. The van der Waals surface area contributed by atoms with E-state index in [0.29, 0.717) is 11.1 Å². The number of amides is 1. The van der Waals surface area contributed by atoms with E-state index in [9.17, 15) is 22.4 Å². The van der Waals surface area contributed by atoms with Gasteiger partial charge in [-0.25, -0.2) is 13.8 Å². The average molecular weight is 493 g/mol. The van der Waals surface area contributed by atoms with E-state index in [2.05, 4.69) is 15.0 Å². The van der Waals surface area contributed by atoms with E-state index in [0.717, 1.165) is 12.7 Å². The summed E-state index contributed by atoms with van der Waals surface area (Å²) in [5.41, 5.74) is 1.05. The fourth-order valence-corrected chi connectivity index (χ4v) is 3.57. The maximum Gasteiger partial charge on any atom is 0.261 e. The van der Waals surface area contributed by atoms with Gasteiger partial charge in [-0.05, 0) is 41.8 Å². The summed E-state index contributed by atoms with van der Waals surface area (Å²) >= 11 is 6.27. The number of fused-ring (bicyclic) bond motifs is 1. The number of carbonyl (C=O) groups is 1. The molecule has 0 spiro atoms. The van der Waals surface area contributed by atoms with Crippen LogP contribution in [0.15, 0.2) is 40.8 Å². The molecule has 0 atom stereocenters. The van der Waals surface area contributed by atoms with Crippen molar-refractivity contribution in [1.29, 1.82) is 0 Å². The molecule has 1 heterocycles. The van der Waals surface area contributed by atoms with Crippen LogP contribution < -0.4 is 10.1 Å². The van der Waals surface area contributed by atoms with Crippen molar-refractivity contribution in [3.05, 3.63) is 75.8 Å². The van der Waals surface area contributed by atoms with Crippen molar-refractivity contribution >= 4 is 34.3 Å². The smallest absolute Gasteiger partial charge is 0.261 e. The highest BCUT2D eigenvalue weighted by molar-refractivity contribution is 6.33. The Morgan fingerprint density at radius 3 is 2.32 bits per heavy atom. The van der Waals surface area contributed by atoms with Crippen LogP contribution in [0, 0.1) is 23.3 Å². The largest absolute Gasteiger partial charge is 0.491 e. The third-order valence-corrected chi connectivity index (χ3v) is 5.52. The van der Waals surface area contributed by atoms with Crippen molar-refractivity contribution < 1.29 is 31.5 Å². The molecule has 0 saturated carbocycles. The van der Waals surface area contributed by atoms with Gasteiger partial charge in [-0.3, -0.25) is 4.79 Å². The second kappa shape index (κ2) is 8.98. The Bertz CT molecular complexity index is 1410.